The Morgan fingerprint density at radius 3 is 2.54 bits per heavy atom. The molecule has 0 bridgehead atoms. The lowest BCUT2D eigenvalue weighted by Crippen LogP contribution is -2.54. The number of thiocarbonyl (C=S) groups is 1. The Morgan fingerprint density at radius 2 is 1.91 bits per heavy atom. The number of nitrogens with one attached hydrogen (secondary N) is 1. The van der Waals surface area contributed by atoms with E-state index in [-0.39, 0.29) is 16.2 Å². The van der Waals surface area contributed by atoms with Crippen LogP contribution in [0.3, 0.4) is 0 Å². The molecule has 1 N–H and O–H groups in total. The van der Waals surface area contributed by atoms with Crippen molar-refractivity contribution in [1.29, 1.82) is 0 Å². The minimum absolute atomic E-state index is 0.0130. The van der Waals surface area contributed by atoms with Crippen LogP contribution in [0, 0.1) is 0 Å². The third-order valence-electron chi connectivity index (χ3n) is 6.67. The number of carbonyl (C=O) groups is 2. The molecule has 1 unspecified atom stereocenters. The van der Waals surface area contributed by atoms with Gasteiger partial charge in [-0.25, -0.2) is 0 Å². The van der Waals surface area contributed by atoms with Gasteiger partial charge in [-0.15, -0.1) is 0 Å². The van der Waals surface area contributed by atoms with Gasteiger partial charge in [0.25, 0.3) is 11.8 Å². The maximum Gasteiger partial charge on any atom is 0.270 e. The molecule has 2 amide bonds. The first-order valence-electron chi connectivity index (χ1n) is 11.7. The Kier molecular flexibility index (Phi) is 6.93. The van der Waals surface area contributed by atoms with Crippen LogP contribution in [0.5, 0.6) is 5.75 Å². The van der Waals surface area contributed by atoms with Gasteiger partial charge >= 0.3 is 0 Å². The maximum absolute atomic E-state index is 13.4. The summed E-state index contributed by atoms with van der Waals surface area (Å²) in [5.74, 6) is -0.117. The van der Waals surface area contributed by atoms with E-state index in [4.69, 9.17) is 28.6 Å². The standard InChI is InChI=1S/C27H30ClN3O3S/c1-6-11-30-22-14-23(34-5)17(12-20(22)16(2)15-27(30,3)4)13-21-24(32)29-26(35)31(25(21)33)19-9-7-18(28)8-10-19/h7-10,12-14,16H,6,11,15H2,1-5H3,(H,29,32,35)/b21-13-. The predicted molar refractivity (Wildman–Crippen MR) is 145 cm³/mol. The molecule has 184 valence electrons. The van der Waals surface area contributed by atoms with Crippen molar-refractivity contribution in [3.05, 3.63) is 58.1 Å². The summed E-state index contributed by atoms with van der Waals surface area (Å²) in [4.78, 5) is 30.0. The van der Waals surface area contributed by atoms with Crippen LogP contribution in [0.15, 0.2) is 42.0 Å². The third-order valence-corrected chi connectivity index (χ3v) is 7.21. The number of benzene rings is 2. The molecule has 8 heteroatoms. The van der Waals surface area contributed by atoms with E-state index in [1.54, 1.807) is 37.5 Å². The van der Waals surface area contributed by atoms with Crippen molar-refractivity contribution >= 4 is 58.2 Å². The summed E-state index contributed by atoms with van der Waals surface area (Å²) < 4.78 is 5.73. The lowest BCUT2D eigenvalue weighted by molar-refractivity contribution is -0.122. The second-order valence-corrected chi connectivity index (χ2v) is 10.5. The summed E-state index contributed by atoms with van der Waals surface area (Å²) in [5.41, 5.74) is 3.52. The number of fused-ring (bicyclic) bond motifs is 1. The summed E-state index contributed by atoms with van der Waals surface area (Å²) in [6.07, 6.45) is 3.62. The lowest BCUT2D eigenvalue weighted by atomic mass is 9.79. The molecular formula is C27H30ClN3O3S. The van der Waals surface area contributed by atoms with E-state index >= 15 is 0 Å². The molecule has 2 aliphatic heterocycles. The predicted octanol–water partition coefficient (Wildman–Crippen LogP) is 5.68. The topological polar surface area (TPSA) is 61.9 Å². The number of hydrogen-bond donors (Lipinski definition) is 1. The fraction of sp³-hybridized carbons (Fsp3) is 0.370. The molecule has 0 radical (unpaired) electrons. The summed E-state index contributed by atoms with van der Waals surface area (Å²) in [5, 5.41) is 3.20. The number of rotatable bonds is 5. The zero-order valence-electron chi connectivity index (χ0n) is 20.6. The smallest absolute Gasteiger partial charge is 0.270 e. The molecule has 0 aromatic heterocycles. The molecule has 35 heavy (non-hydrogen) atoms. The minimum atomic E-state index is -0.535. The van der Waals surface area contributed by atoms with Crippen molar-refractivity contribution in [1.82, 2.24) is 5.32 Å². The highest BCUT2D eigenvalue weighted by Crippen LogP contribution is 2.46. The molecule has 0 aliphatic carbocycles. The van der Waals surface area contributed by atoms with Crippen molar-refractivity contribution < 1.29 is 14.3 Å². The number of nitrogens with zero attached hydrogens (tertiary/aromatic N) is 2. The van der Waals surface area contributed by atoms with E-state index in [9.17, 15) is 9.59 Å². The Bertz CT molecular complexity index is 1220. The normalized spacial score (nSPS) is 20.7. The van der Waals surface area contributed by atoms with Gasteiger partial charge in [-0.2, -0.15) is 0 Å². The first kappa shape index (κ1) is 25.2. The quantitative estimate of drug-likeness (QED) is 0.318. The molecule has 1 saturated heterocycles. The Morgan fingerprint density at radius 1 is 1.23 bits per heavy atom. The van der Waals surface area contributed by atoms with E-state index in [0.717, 1.165) is 25.1 Å². The Hall–Kier alpha value is -2.90. The monoisotopic (exact) mass is 511 g/mol. The molecule has 2 heterocycles. The second kappa shape index (κ2) is 9.63. The van der Waals surface area contributed by atoms with Gasteiger partial charge in [-0.05, 0) is 86.8 Å². The summed E-state index contributed by atoms with van der Waals surface area (Å²) in [6, 6.07) is 10.8. The number of ether oxygens (including phenoxy) is 1. The van der Waals surface area contributed by atoms with Crippen LogP contribution in [0.25, 0.3) is 6.08 Å². The van der Waals surface area contributed by atoms with Crippen LogP contribution in [0.1, 0.15) is 57.6 Å². The summed E-state index contributed by atoms with van der Waals surface area (Å²) in [7, 11) is 1.60. The number of carbonyl (C=O) groups excluding carboxylic acids is 2. The Balaban J connectivity index is 1.80. The van der Waals surface area contributed by atoms with Crippen LogP contribution in [0.4, 0.5) is 11.4 Å². The number of halogens is 1. The molecule has 2 aromatic rings. The van der Waals surface area contributed by atoms with Gasteiger partial charge in [0.05, 0.1) is 12.8 Å². The number of amides is 2. The summed E-state index contributed by atoms with van der Waals surface area (Å²) in [6.45, 7) is 9.86. The molecule has 1 fully saturated rings. The van der Waals surface area contributed by atoms with Gasteiger partial charge in [0.1, 0.15) is 11.3 Å². The first-order valence-corrected chi connectivity index (χ1v) is 12.5. The van der Waals surface area contributed by atoms with Gasteiger partial charge in [0, 0.05) is 34.4 Å². The van der Waals surface area contributed by atoms with Crippen LogP contribution in [-0.4, -0.2) is 36.1 Å². The highest BCUT2D eigenvalue weighted by atomic mass is 35.5. The first-order chi connectivity index (χ1) is 16.6. The van der Waals surface area contributed by atoms with Crippen molar-refractivity contribution in [2.45, 2.75) is 52.0 Å². The van der Waals surface area contributed by atoms with E-state index in [1.165, 1.54) is 10.5 Å². The van der Waals surface area contributed by atoms with E-state index in [0.29, 0.717) is 27.9 Å². The minimum Gasteiger partial charge on any atom is -0.496 e. The second-order valence-electron chi connectivity index (χ2n) is 9.66. The average Bonchev–Trinajstić information content (AvgIpc) is 2.80. The Labute approximate surface area is 216 Å². The van der Waals surface area contributed by atoms with Gasteiger partial charge in [0.15, 0.2) is 5.11 Å². The van der Waals surface area contributed by atoms with Crippen LogP contribution in [0.2, 0.25) is 5.02 Å². The molecule has 4 rings (SSSR count). The molecule has 0 spiro atoms. The van der Waals surface area contributed by atoms with Crippen LogP contribution < -0.4 is 19.9 Å². The largest absolute Gasteiger partial charge is 0.496 e. The van der Waals surface area contributed by atoms with Crippen molar-refractivity contribution in [3.8, 4) is 5.75 Å². The molecular weight excluding hydrogens is 482 g/mol. The van der Waals surface area contributed by atoms with Crippen molar-refractivity contribution in [3.63, 3.8) is 0 Å². The average molecular weight is 512 g/mol. The zero-order valence-corrected chi connectivity index (χ0v) is 22.2. The highest BCUT2D eigenvalue weighted by Gasteiger charge is 2.38. The molecule has 0 saturated carbocycles. The van der Waals surface area contributed by atoms with Gasteiger partial charge in [-0.3, -0.25) is 19.8 Å². The molecule has 2 aromatic carbocycles. The maximum atomic E-state index is 13.4. The molecule has 1 atom stereocenters. The highest BCUT2D eigenvalue weighted by molar-refractivity contribution is 7.80. The van der Waals surface area contributed by atoms with Crippen molar-refractivity contribution in [2.75, 3.05) is 23.5 Å². The van der Waals surface area contributed by atoms with Gasteiger partial charge < -0.3 is 9.64 Å². The van der Waals surface area contributed by atoms with Crippen molar-refractivity contribution in [2.24, 2.45) is 0 Å². The van der Waals surface area contributed by atoms with E-state index in [1.807, 2.05) is 12.1 Å². The van der Waals surface area contributed by atoms with Gasteiger partial charge in [-0.1, -0.05) is 25.4 Å². The molecule has 2 aliphatic rings. The molecule has 6 nitrogen and oxygen atoms in total. The third kappa shape index (κ3) is 4.67. The number of methoxy groups -OCH3 is 1. The SMILES string of the molecule is CCCN1c2cc(OC)c(/C=C3/C(=O)NC(=S)N(c4ccc(Cl)cc4)C3=O)cc2C(C)CC1(C)C. The fourth-order valence-electron chi connectivity index (χ4n) is 5.10. The van der Waals surface area contributed by atoms with Crippen LogP contribution in [-0.2, 0) is 9.59 Å². The van der Waals surface area contributed by atoms with E-state index in [2.05, 4.69) is 37.9 Å². The summed E-state index contributed by atoms with van der Waals surface area (Å²) >= 11 is 11.3. The fourth-order valence-corrected chi connectivity index (χ4v) is 5.51. The van der Waals surface area contributed by atoms with Crippen LogP contribution >= 0.6 is 23.8 Å². The zero-order chi connectivity index (χ0) is 25.5. The number of anilines is 2. The van der Waals surface area contributed by atoms with Gasteiger partial charge in [0.2, 0.25) is 0 Å². The number of hydrogen-bond acceptors (Lipinski definition) is 5. The van der Waals surface area contributed by atoms with E-state index < -0.39 is 11.8 Å². The lowest BCUT2D eigenvalue weighted by Gasteiger charge is -2.48.